The summed E-state index contributed by atoms with van der Waals surface area (Å²) in [5, 5.41) is 19.6. The summed E-state index contributed by atoms with van der Waals surface area (Å²) in [5.74, 6) is 1.54. The van der Waals surface area contributed by atoms with Crippen molar-refractivity contribution in [1.29, 1.82) is 0 Å². The van der Waals surface area contributed by atoms with Crippen LogP contribution in [0.15, 0.2) is 107 Å². The summed E-state index contributed by atoms with van der Waals surface area (Å²) in [4.78, 5) is 9.18. The highest BCUT2D eigenvalue weighted by Gasteiger charge is 2.18. The van der Waals surface area contributed by atoms with Crippen molar-refractivity contribution in [1.82, 2.24) is 0 Å². The van der Waals surface area contributed by atoms with Crippen molar-refractivity contribution in [2.45, 2.75) is 26.1 Å². The molecule has 2 heterocycles. The van der Waals surface area contributed by atoms with Crippen LogP contribution in [0.2, 0.25) is 0 Å². The van der Waals surface area contributed by atoms with E-state index in [1.807, 2.05) is 48.5 Å². The van der Waals surface area contributed by atoms with Gasteiger partial charge in [0.15, 0.2) is 0 Å². The van der Waals surface area contributed by atoms with Gasteiger partial charge >= 0.3 is 0 Å². The molecule has 0 bridgehead atoms. The first-order chi connectivity index (χ1) is 19.5. The zero-order valence-electron chi connectivity index (χ0n) is 23.3. The minimum atomic E-state index is -0.566. The van der Waals surface area contributed by atoms with E-state index in [-0.39, 0.29) is 18.7 Å². The van der Waals surface area contributed by atoms with E-state index in [0.29, 0.717) is 13.1 Å². The molecular formula is C34H36N2O5. The van der Waals surface area contributed by atoms with E-state index in [9.17, 15) is 10.2 Å². The molecule has 0 saturated heterocycles. The molecule has 2 unspecified atom stereocenters. The monoisotopic (exact) mass is 552 g/mol. The van der Waals surface area contributed by atoms with E-state index in [4.69, 9.17) is 9.47 Å². The number of aliphatic imine (C=N–C) groups is 2. The Morgan fingerprint density at radius 2 is 0.927 bits per heavy atom. The number of hydrogen-bond acceptors (Lipinski definition) is 6. The normalized spacial score (nSPS) is 17.9. The van der Waals surface area contributed by atoms with Crippen LogP contribution in [0, 0.1) is 13.8 Å². The van der Waals surface area contributed by atoms with Crippen LogP contribution < -0.4 is 9.47 Å². The van der Waals surface area contributed by atoms with Crippen LogP contribution >= 0.6 is 0 Å². The number of benzene rings is 4. The highest BCUT2D eigenvalue weighted by Crippen LogP contribution is 2.25. The van der Waals surface area contributed by atoms with E-state index in [2.05, 4.69) is 72.4 Å². The Hall–Kier alpha value is -4.30. The largest absolute Gasteiger partial charge is 0.490 e. The molecule has 4 aromatic carbocycles. The van der Waals surface area contributed by atoms with E-state index in [1.165, 1.54) is 11.1 Å². The van der Waals surface area contributed by atoms with E-state index < -0.39 is 12.2 Å². The van der Waals surface area contributed by atoms with Crippen LogP contribution in [0.25, 0.3) is 0 Å². The average Bonchev–Trinajstić information content (AvgIpc) is 2.96. The number of aliphatic hydroxyl groups is 2. The molecule has 2 aliphatic rings. The molecule has 41 heavy (non-hydrogen) atoms. The zero-order chi connectivity index (χ0) is 27.9. The minimum absolute atomic E-state index is 0. The maximum atomic E-state index is 9.82. The van der Waals surface area contributed by atoms with Crippen molar-refractivity contribution >= 4 is 11.4 Å². The van der Waals surface area contributed by atoms with Gasteiger partial charge in [-0.3, -0.25) is 9.98 Å². The fourth-order valence-corrected chi connectivity index (χ4v) is 4.53. The van der Waals surface area contributed by atoms with Crippen LogP contribution in [0.5, 0.6) is 11.5 Å². The van der Waals surface area contributed by atoms with Gasteiger partial charge in [-0.1, -0.05) is 83.9 Å². The quantitative estimate of drug-likeness (QED) is 0.385. The summed E-state index contributed by atoms with van der Waals surface area (Å²) < 4.78 is 11.4. The Morgan fingerprint density at radius 3 is 1.32 bits per heavy atom. The number of rotatable bonds is 2. The predicted molar refractivity (Wildman–Crippen MR) is 163 cm³/mol. The number of fused-ring (bicyclic) bond motifs is 2. The van der Waals surface area contributed by atoms with Crippen molar-refractivity contribution in [2.24, 2.45) is 9.98 Å². The van der Waals surface area contributed by atoms with Crippen molar-refractivity contribution in [3.05, 3.63) is 130 Å². The topological polar surface area (TPSA) is 115 Å². The molecule has 2 atom stereocenters. The first-order valence-corrected chi connectivity index (χ1v) is 13.5. The molecule has 2 aliphatic heterocycles. The third-order valence-electron chi connectivity index (χ3n) is 6.72. The Balaban J connectivity index is 0.000000184. The molecular weight excluding hydrogens is 516 g/mol. The van der Waals surface area contributed by atoms with Crippen molar-refractivity contribution in [3.8, 4) is 11.5 Å². The molecule has 0 fully saturated rings. The Labute approximate surface area is 240 Å². The number of aliphatic hydroxyl groups excluding tert-OH is 2. The van der Waals surface area contributed by atoms with Gasteiger partial charge in [-0.25, -0.2) is 0 Å². The number of ether oxygens (including phenoxy) is 2. The molecule has 0 radical (unpaired) electrons. The van der Waals surface area contributed by atoms with E-state index in [1.54, 1.807) is 0 Å². The molecule has 7 nitrogen and oxygen atoms in total. The average molecular weight is 553 g/mol. The molecule has 4 aromatic rings. The Morgan fingerprint density at radius 1 is 0.561 bits per heavy atom. The highest BCUT2D eigenvalue weighted by molar-refractivity contribution is 6.15. The first-order valence-electron chi connectivity index (χ1n) is 13.5. The Kier molecular flexibility index (Phi) is 10.0. The second kappa shape index (κ2) is 13.9. The van der Waals surface area contributed by atoms with Gasteiger partial charge in [-0.05, 0) is 38.1 Å². The van der Waals surface area contributed by atoms with Gasteiger partial charge in [-0.2, -0.15) is 0 Å². The van der Waals surface area contributed by atoms with Crippen LogP contribution in [0.3, 0.4) is 0 Å². The van der Waals surface area contributed by atoms with Crippen molar-refractivity contribution < 1.29 is 25.2 Å². The van der Waals surface area contributed by atoms with Gasteiger partial charge in [0, 0.05) is 22.3 Å². The maximum Gasteiger partial charge on any atom is 0.128 e. The lowest BCUT2D eigenvalue weighted by Crippen LogP contribution is -2.25. The summed E-state index contributed by atoms with van der Waals surface area (Å²) in [6, 6.07) is 32.1. The van der Waals surface area contributed by atoms with Gasteiger partial charge in [0.25, 0.3) is 0 Å². The molecule has 0 spiro atoms. The maximum absolute atomic E-state index is 9.82. The number of para-hydroxylation sites is 2. The molecule has 0 aromatic heterocycles. The lowest BCUT2D eigenvalue weighted by Gasteiger charge is -2.19. The molecule has 212 valence electrons. The van der Waals surface area contributed by atoms with Gasteiger partial charge in [0.1, 0.15) is 36.9 Å². The molecule has 0 saturated carbocycles. The molecule has 0 amide bonds. The summed E-state index contributed by atoms with van der Waals surface area (Å²) in [7, 11) is 0. The van der Waals surface area contributed by atoms with E-state index >= 15 is 0 Å². The van der Waals surface area contributed by atoms with Crippen LogP contribution in [-0.4, -0.2) is 65.6 Å². The summed E-state index contributed by atoms with van der Waals surface area (Å²) in [5.41, 5.74) is 8.21. The standard InChI is InChI=1S/2C17H17NO2.H2O/c2*1-12-6-8-13(9-7-12)17-15-4-2-3-5-16(15)20-11-14(19)10-18-17;/h2*2-9,14,19H,10-11H2,1H3;1H2. The third-order valence-corrected chi connectivity index (χ3v) is 6.72. The second-order valence-electron chi connectivity index (χ2n) is 10.0. The van der Waals surface area contributed by atoms with Gasteiger partial charge in [0.2, 0.25) is 0 Å². The number of nitrogens with zero attached hydrogens (tertiary/aromatic N) is 2. The second-order valence-corrected chi connectivity index (χ2v) is 10.0. The number of hydrogen-bond donors (Lipinski definition) is 2. The molecule has 6 rings (SSSR count). The van der Waals surface area contributed by atoms with Crippen LogP contribution in [0.1, 0.15) is 33.4 Å². The molecule has 0 aliphatic carbocycles. The molecule has 4 N–H and O–H groups in total. The van der Waals surface area contributed by atoms with Gasteiger partial charge in [0.05, 0.1) is 24.5 Å². The summed E-state index contributed by atoms with van der Waals surface area (Å²) in [6.45, 7) is 5.40. The third kappa shape index (κ3) is 7.46. The van der Waals surface area contributed by atoms with Crippen molar-refractivity contribution in [3.63, 3.8) is 0 Å². The lowest BCUT2D eigenvalue weighted by molar-refractivity contribution is 0.113. The van der Waals surface area contributed by atoms with Gasteiger partial charge < -0.3 is 25.2 Å². The summed E-state index contributed by atoms with van der Waals surface area (Å²) in [6.07, 6.45) is -1.13. The SMILES string of the molecule is Cc1ccc(C2=NCC(O)COc3ccccc32)cc1.Cc1ccc(C2=NCC(O)COc3ccccc32)cc1.O. The zero-order valence-corrected chi connectivity index (χ0v) is 23.3. The highest BCUT2D eigenvalue weighted by atomic mass is 16.5. The summed E-state index contributed by atoms with van der Waals surface area (Å²) >= 11 is 0. The van der Waals surface area contributed by atoms with Crippen molar-refractivity contribution in [2.75, 3.05) is 26.3 Å². The lowest BCUT2D eigenvalue weighted by atomic mass is 10.00. The Bertz CT molecular complexity index is 1380. The fraction of sp³-hybridized carbons (Fsp3) is 0.235. The van der Waals surface area contributed by atoms with Gasteiger partial charge in [-0.15, -0.1) is 0 Å². The minimum Gasteiger partial charge on any atom is -0.490 e. The van der Waals surface area contributed by atoms with Crippen LogP contribution in [-0.2, 0) is 0 Å². The fourth-order valence-electron chi connectivity index (χ4n) is 4.53. The predicted octanol–water partition coefficient (Wildman–Crippen LogP) is 4.35. The van der Waals surface area contributed by atoms with E-state index in [0.717, 1.165) is 45.2 Å². The molecule has 7 heteroatoms. The smallest absolute Gasteiger partial charge is 0.128 e. The number of aryl methyl sites for hydroxylation is 2. The van der Waals surface area contributed by atoms with Crippen LogP contribution in [0.4, 0.5) is 0 Å². The first kappa shape index (κ1) is 29.7.